The molecule has 0 aliphatic heterocycles. The van der Waals surface area contributed by atoms with Gasteiger partial charge in [-0.3, -0.25) is 14.5 Å². The summed E-state index contributed by atoms with van der Waals surface area (Å²) >= 11 is 0. The summed E-state index contributed by atoms with van der Waals surface area (Å²) in [5, 5.41) is 18.3. The molecule has 2 rings (SSSR count). The molecule has 0 aliphatic carbocycles. The molecule has 0 unspecified atom stereocenters. The average molecular weight is 388 g/mol. The van der Waals surface area contributed by atoms with Crippen LogP contribution in [0.15, 0.2) is 24.3 Å². The van der Waals surface area contributed by atoms with Crippen LogP contribution in [0.5, 0.6) is 11.5 Å². The molecule has 3 N–H and O–H groups in total. The minimum absolute atomic E-state index is 0.0230. The highest BCUT2D eigenvalue weighted by molar-refractivity contribution is 5.43. The SMILES string of the molecule is O=CNOCCN(Cc1cc(F)c(O)c(F)c1)Cc1cc(F)c(O)c(F)c1. The van der Waals surface area contributed by atoms with Gasteiger partial charge in [0.15, 0.2) is 34.8 Å². The lowest BCUT2D eigenvalue weighted by atomic mass is 10.1. The van der Waals surface area contributed by atoms with Crippen molar-refractivity contribution >= 4 is 6.41 Å². The second-order valence-corrected chi connectivity index (χ2v) is 5.61. The second-order valence-electron chi connectivity index (χ2n) is 5.61. The number of phenolic OH excluding ortho intramolecular Hbond substituents is 2. The normalized spacial score (nSPS) is 11.0. The standard InChI is InChI=1S/C17H16F4N2O4/c18-12-3-10(4-13(19)16(12)25)7-23(1-2-27-22-9-24)8-11-5-14(20)17(26)15(21)6-11/h3-6,9,25-26H,1-2,7-8H2,(H,22,24). The number of hydrogen-bond donors (Lipinski definition) is 3. The Labute approximate surface area is 151 Å². The molecule has 1 amide bonds. The van der Waals surface area contributed by atoms with Crippen molar-refractivity contribution in [3.63, 3.8) is 0 Å². The average Bonchev–Trinajstić information content (AvgIpc) is 2.61. The number of hydroxylamine groups is 1. The van der Waals surface area contributed by atoms with Gasteiger partial charge in [-0.2, -0.15) is 0 Å². The lowest BCUT2D eigenvalue weighted by molar-refractivity contribution is -0.121. The summed E-state index contributed by atoms with van der Waals surface area (Å²) in [6.07, 6.45) is 0.305. The summed E-state index contributed by atoms with van der Waals surface area (Å²) in [7, 11) is 0. The second kappa shape index (κ2) is 9.19. The van der Waals surface area contributed by atoms with Crippen molar-refractivity contribution in [2.75, 3.05) is 13.2 Å². The van der Waals surface area contributed by atoms with Crippen molar-refractivity contribution in [3.8, 4) is 11.5 Å². The number of amides is 1. The third kappa shape index (κ3) is 5.56. The van der Waals surface area contributed by atoms with Crippen LogP contribution in [-0.4, -0.2) is 34.7 Å². The van der Waals surface area contributed by atoms with Crippen LogP contribution < -0.4 is 5.48 Å². The molecular formula is C17H16F4N2O4. The van der Waals surface area contributed by atoms with Crippen LogP contribution in [0.4, 0.5) is 17.6 Å². The smallest absolute Gasteiger partial charge is 0.230 e. The predicted octanol–water partition coefficient (Wildman–Crippen LogP) is 2.33. The molecule has 0 fully saturated rings. The van der Waals surface area contributed by atoms with E-state index in [1.165, 1.54) is 4.90 Å². The van der Waals surface area contributed by atoms with Gasteiger partial charge < -0.3 is 10.2 Å². The zero-order valence-electron chi connectivity index (χ0n) is 13.9. The van der Waals surface area contributed by atoms with Crippen LogP contribution >= 0.6 is 0 Å². The van der Waals surface area contributed by atoms with E-state index < -0.39 is 34.8 Å². The minimum Gasteiger partial charge on any atom is -0.503 e. The van der Waals surface area contributed by atoms with E-state index in [2.05, 4.69) is 0 Å². The molecule has 0 bridgehead atoms. The number of carbonyl (C=O) groups excluding carboxylic acids is 1. The molecule has 0 aromatic heterocycles. The molecule has 2 aromatic rings. The zero-order valence-corrected chi connectivity index (χ0v) is 13.9. The number of nitrogens with zero attached hydrogens (tertiary/aromatic N) is 1. The molecule has 0 radical (unpaired) electrons. The molecule has 0 spiro atoms. The Hall–Kier alpha value is -2.85. The first-order valence-electron chi connectivity index (χ1n) is 7.69. The monoisotopic (exact) mass is 388 g/mol. The number of hydrogen-bond acceptors (Lipinski definition) is 5. The van der Waals surface area contributed by atoms with Crippen molar-refractivity contribution in [1.82, 2.24) is 10.4 Å². The fourth-order valence-electron chi connectivity index (χ4n) is 2.42. The number of benzene rings is 2. The third-order valence-corrected chi connectivity index (χ3v) is 3.61. The number of carbonyl (C=O) groups is 1. The maximum Gasteiger partial charge on any atom is 0.230 e. The van der Waals surface area contributed by atoms with Crippen molar-refractivity contribution in [3.05, 3.63) is 58.7 Å². The van der Waals surface area contributed by atoms with Crippen molar-refractivity contribution < 1.29 is 37.4 Å². The molecule has 0 heterocycles. The number of halogens is 4. The van der Waals surface area contributed by atoms with Gasteiger partial charge in [0.25, 0.3) is 0 Å². The maximum atomic E-state index is 13.5. The molecule has 0 atom stereocenters. The number of rotatable bonds is 9. The highest BCUT2D eigenvalue weighted by Crippen LogP contribution is 2.24. The largest absolute Gasteiger partial charge is 0.503 e. The quantitative estimate of drug-likeness (QED) is 0.266. The van der Waals surface area contributed by atoms with Gasteiger partial charge in [0, 0.05) is 19.6 Å². The van der Waals surface area contributed by atoms with Crippen LogP contribution in [0.25, 0.3) is 0 Å². The first kappa shape index (κ1) is 20.5. The Kier molecular flexibility index (Phi) is 6.97. The molecule has 6 nitrogen and oxygen atoms in total. The zero-order chi connectivity index (χ0) is 20.0. The molecule has 0 saturated carbocycles. The van der Waals surface area contributed by atoms with E-state index in [-0.39, 0.29) is 37.4 Å². The fourth-order valence-corrected chi connectivity index (χ4v) is 2.42. The van der Waals surface area contributed by atoms with E-state index in [0.717, 1.165) is 24.3 Å². The first-order chi connectivity index (χ1) is 12.8. The van der Waals surface area contributed by atoms with Crippen molar-refractivity contribution in [1.29, 1.82) is 0 Å². The Balaban J connectivity index is 2.19. The van der Waals surface area contributed by atoms with Crippen LogP contribution in [0, 0.1) is 23.3 Å². The summed E-state index contributed by atoms with van der Waals surface area (Å²) < 4.78 is 54.0. The number of nitrogens with one attached hydrogen (secondary N) is 1. The van der Waals surface area contributed by atoms with Crippen molar-refractivity contribution in [2.24, 2.45) is 0 Å². The molecular weight excluding hydrogens is 372 g/mol. The molecule has 10 heteroatoms. The van der Waals surface area contributed by atoms with E-state index in [1.54, 1.807) is 0 Å². The molecule has 146 valence electrons. The van der Waals surface area contributed by atoms with E-state index in [0.29, 0.717) is 6.41 Å². The van der Waals surface area contributed by atoms with E-state index >= 15 is 0 Å². The Morgan fingerprint density at radius 3 is 1.67 bits per heavy atom. The third-order valence-electron chi connectivity index (χ3n) is 3.61. The van der Waals surface area contributed by atoms with Crippen molar-refractivity contribution in [2.45, 2.75) is 13.1 Å². The van der Waals surface area contributed by atoms with E-state index in [4.69, 9.17) is 15.1 Å². The lowest BCUT2D eigenvalue weighted by Gasteiger charge is -2.22. The topological polar surface area (TPSA) is 82.0 Å². The fraction of sp³-hybridized carbons (Fsp3) is 0.235. The van der Waals surface area contributed by atoms with Gasteiger partial charge in [0.2, 0.25) is 6.41 Å². The van der Waals surface area contributed by atoms with Crippen LogP contribution in [0.3, 0.4) is 0 Å². The summed E-state index contributed by atoms with van der Waals surface area (Å²) in [5.74, 6) is -6.80. The first-order valence-corrected chi connectivity index (χ1v) is 7.69. The minimum atomic E-state index is -1.15. The summed E-state index contributed by atoms with van der Waals surface area (Å²) in [5.41, 5.74) is 2.29. The number of aromatic hydroxyl groups is 2. The maximum absolute atomic E-state index is 13.5. The molecule has 0 saturated heterocycles. The predicted molar refractivity (Wildman–Crippen MR) is 85.3 cm³/mol. The van der Waals surface area contributed by atoms with Gasteiger partial charge in [0.1, 0.15) is 0 Å². The van der Waals surface area contributed by atoms with Gasteiger partial charge in [0.05, 0.1) is 6.61 Å². The summed E-state index contributed by atoms with van der Waals surface area (Å²) in [6, 6.07) is 3.70. The number of phenols is 2. The Bertz CT molecular complexity index is 714. The van der Waals surface area contributed by atoms with Gasteiger partial charge in [-0.25, -0.2) is 23.0 Å². The lowest BCUT2D eigenvalue weighted by Crippen LogP contribution is -2.29. The van der Waals surface area contributed by atoms with Gasteiger partial charge in [-0.05, 0) is 35.4 Å². The molecule has 2 aromatic carbocycles. The van der Waals surface area contributed by atoms with Gasteiger partial charge in [-0.15, -0.1) is 0 Å². The summed E-state index contributed by atoms with van der Waals surface area (Å²) in [6.45, 7) is -0.00866. The highest BCUT2D eigenvalue weighted by atomic mass is 19.1. The summed E-state index contributed by atoms with van der Waals surface area (Å²) in [4.78, 5) is 16.5. The Morgan fingerprint density at radius 1 is 0.889 bits per heavy atom. The molecule has 27 heavy (non-hydrogen) atoms. The Morgan fingerprint density at radius 2 is 1.30 bits per heavy atom. The van der Waals surface area contributed by atoms with E-state index in [1.807, 2.05) is 5.48 Å². The molecule has 0 aliphatic rings. The van der Waals surface area contributed by atoms with E-state index in [9.17, 15) is 22.4 Å². The highest BCUT2D eigenvalue weighted by Gasteiger charge is 2.15. The van der Waals surface area contributed by atoms with Crippen LogP contribution in [-0.2, 0) is 22.7 Å². The van der Waals surface area contributed by atoms with Gasteiger partial charge in [-0.1, -0.05) is 0 Å². The van der Waals surface area contributed by atoms with Crippen LogP contribution in [0.2, 0.25) is 0 Å². The van der Waals surface area contributed by atoms with Gasteiger partial charge >= 0.3 is 0 Å². The van der Waals surface area contributed by atoms with Crippen LogP contribution in [0.1, 0.15) is 11.1 Å².